The van der Waals surface area contributed by atoms with Crippen LogP contribution in [0.5, 0.6) is 0 Å². The molecule has 0 aliphatic rings. The van der Waals surface area contributed by atoms with Gasteiger partial charge < -0.3 is 0 Å². The molecule has 0 fully saturated rings. The smallest absolute Gasteiger partial charge is 0.200 e. The fourth-order valence-electron chi connectivity index (χ4n) is 2.00. The first-order chi connectivity index (χ1) is 11.6. The topological polar surface area (TPSA) is 84.3 Å². The predicted octanol–water partition coefficient (Wildman–Crippen LogP) is 2.83. The molecule has 2 aromatic carbocycles. The van der Waals surface area contributed by atoms with Gasteiger partial charge in [-0.1, -0.05) is 52.5 Å². The van der Waals surface area contributed by atoms with Crippen molar-refractivity contribution < 1.29 is 8.42 Å². The fraction of sp³-hybridized carbons (Fsp3) is 0.0625. The molecule has 122 valence electrons. The highest BCUT2D eigenvalue weighted by Crippen LogP contribution is 2.24. The summed E-state index contributed by atoms with van der Waals surface area (Å²) in [6.45, 7) is 1.89. The van der Waals surface area contributed by atoms with Crippen molar-refractivity contribution >= 4 is 27.8 Å². The SMILES string of the molecule is Cc1ccc(S(=O)(=O)NN=Cc2nnsc2-c2ccccc2)cc1. The van der Waals surface area contributed by atoms with Crippen LogP contribution >= 0.6 is 11.5 Å². The summed E-state index contributed by atoms with van der Waals surface area (Å²) in [5, 5.41) is 7.79. The number of hydrogen-bond acceptors (Lipinski definition) is 6. The Morgan fingerprint density at radius 3 is 2.50 bits per heavy atom. The molecule has 6 nitrogen and oxygen atoms in total. The number of nitrogens with zero attached hydrogens (tertiary/aromatic N) is 3. The Morgan fingerprint density at radius 1 is 1.08 bits per heavy atom. The van der Waals surface area contributed by atoms with Crippen LogP contribution in [0.2, 0.25) is 0 Å². The molecule has 0 bridgehead atoms. The molecular formula is C16H14N4O2S2. The summed E-state index contributed by atoms with van der Waals surface area (Å²) in [5.41, 5.74) is 2.45. The molecule has 24 heavy (non-hydrogen) atoms. The van der Waals surface area contributed by atoms with Crippen molar-refractivity contribution in [3.63, 3.8) is 0 Å². The molecule has 3 aromatic rings. The molecule has 1 aromatic heterocycles. The van der Waals surface area contributed by atoms with Crippen LogP contribution in [0.4, 0.5) is 0 Å². The number of hydrogen-bond donors (Lipinski definition) is 1. The van der Waals surface area contributed by atoms with Gasteiger partial charge in [-0.2, -0.15) is 13.5 Å². The van der Waals surface area contributed by atoms with Crippen molar-refractivity contribution in [1.82, 2.24) is 14.4 Å². The van der Waals surface area contributed by atoms with E-state index in [0.717, 1.165) is 16.0 Å². The minimum absolute atomic E-state index is 0.157. The predicted molar refractivity (Wildman–Crippen MR) is 94.4 cm³/mol. The molecule has 0 atom stereocenters. The van der Waals surface area contributed by atoms with Crippen LogP contribution in [0.3, 0.4) is 0 Å². The molecule has 0 aliphatic carbocycles. The molecule has 0 unspecified atom stereocenters. The summed E-state index contributed by atoms with van der Waals surface area (Å²) in [6.07, 6.45) is 1.36. The molecule has 1 N–H and O–H groups in total. The monoisotopic (exact) mass is 358 g/mol. The maximum Gasteiger partial charge on any atom is 0.276 e. The van der Waals surface area contributed by atoms with E-state index >= 15 is 0 Å². The number of rotatable bonds is 5. The number of benzene rings is 2. The average Bonchev–Trinajstić information content (AvgIpc) is 3.04. The third-order valence-electron chi connectivity index (χ3n) is 3.24. The number of aryl methyl sites for hydroxylation is 1. The lowest BCUT2D eigenvalue weighted by atomic mass is 10.2. The van der Waals surface area contributed by atoms with Crippen LogP contribution in [-0.2, 0) is 10.0 Å². The van der Waals surface area contributed by atoms with Crippen LogP contribution in [-0.4, -0.2) is 24.2 Å². The standard InChI is InChI=1S/C16H14N4O2S2/c1-12-7-9-14(10-8-12)24(21,22)20-17-11-15-16(23-19-18-15)13-5-3-2-4-6-13/h2-11,20H,1H3. The van der Waals surface area contributed by atoms with Crippen molar-refractivity contribution in [2.75, 3.05) is 0 Å². The van der Waals surface area contributed by atoms with Gasteiger partial charge >= 0.3 is 0 Å². The second kappa shape index (κ2) is 6.90. The maximum absolute atomic E-state index is 12.2. The highest BCUT2D eigenvalue weighted by Gasteiger charge is 2.13. The van der Waals surface area contributed by atoms with Gasteiger partial charge in [0.05, 0.1) is 16.0 Å². The van der Waals surface area contributed by atoms with E-state index in [2.05, 4.69) is 19.5 Å². The van der Waals surface area contributed by atoms with E-state index in [0.29, 0.717) is 5.69 Å². The maximum atomic E-state index is 12.2. The van der Waals surface area contributed by atoms with Crippen molar-refractivity contribution in [3.8, 4) is 10.4 Å². The normalized spacial score (nSPS) is 11.7. The van der Waals surface area contributed by atoms with Gasteiger partial charge in [0.2, 0.25) is 0 Å². The Balaban J connectivity index is 1.78. The van der Waals surface area contributed by atoms with Gasteiger partial charge in [0.25, 0.3) is 10.0 Å². The fourth-order valence-corrected chi connectivity index (χ4v) is 3.43. The zero-order valence-corrected chi connectivity index (χ0v) is 14.4. The average molecular weight is 358 g/mol. The largest absolute Gasteiger partial charge is 0.276 e. The molecule has 0 spiro atoms. The Labute approximate surface area is 144 Å². The van der Waals surface area contributed by atoms with Crippen LogP contribution in [0.1, 0.15) is 11.3 Å². The Hall–Kier alpha value is -2.58. The Morgan fingerprint density at radius 2 is 1.79 bits per heavy atom. The second-order valence-electron chi connectivity index (χ2n) is 5.02. The minimum atomic E-state index is -3.70. The summed E-state index contributed by atoms with van der Waals surface area (Å²) in [5.74, 6) is 0. The van der Waals surface area contributed by atoms with Crippen molar-refractivity contribution in [2.24, 2.45) is 5.10 Å². The molecule has 0 radical (unpaired) electrons. The van der Waals surface area contributed by atoms with Gasteiger partial charge in [-0.15, -0.1) is 5.10 Å². The first kappa shape index (κ1) is 16.3. The van der Waals surface area contributed by atoms with E-state index in [-0.39, 0.29) is 4.90 Å². The highest BCUT2D eigenvalue weighted by atomic mass is 32.2. The van der Waals surface area contributed by atoms with Crippen molar-refractivity contribution in [1.29, 1.82) is 0 Å². The van der Waals surface area contributed by atoms with Gasteiger partial charge in [0.1, 0.15) is 5.69 Å². The molecule has 0 aliphatic heterocycles. The summed E-state index contributed by atoms with van der Waals surface area (Å²) in [6, 6.07) is 16.1. The molecule has 0 amide bonds. The summed E-state index contributed by atoms with van der Waals surface area (Å²) in [4.78, 5) is 3.18. The summed E-state index contributed by atoms with van der Waals surface area (Å²) >= 11 is 1.23. The van der Waals surface area contributed by atoms with E-state index in [1.54, 1.807) is 12.1 Å². The van der Waals surface area contributed by atoms with Crippen molar-refractivity contribution in [2.45, 2.75) is 11.8 Å². The zero-order chi connectivity index (χ0) is 17.0. The molecular weight excluding hydrogens is 344 g/mol. The van der Waals surface area contributed by atoms with Crippen LogP contribution in [0.15, 0.2) is 64.6 Å². The Bertz CT molecular complexity index is 949. The number of nitrogens with one attached hydrogen (secondary N) is 1. The summed E-state index contributed by atoms with van der Waals surface area (Å²) < 4.78 is 28.2. The lowest BCUT2D eigenvalue weighted by Crippen LogP contribution is -2.18. The zero-order valence-electron chi connectivity index (χ0n) is 12.7. The number of sulfonamides is 1. The molecule has 8 heteroatoms. The lowest BCUT2D eigenvalue weighted by Gasteiger charge is -2.03. The van der Waals surface area contributed by atoms with E-state index in [9.17, 15) is 8.42 Å². The first-order valence-electron chi connectivity index (χ1n) is 7.05. The van der Waals surface area contributed by atoms with E-state index in [4.69, 9.17) is 0 Å². The van der Waals surface area contributed by atoms with Crippen molar-refractivity contribution in [3.05, 3.63) is 65.9 Å². The quantitative estimate of drug-likeness (QED) is 0.561. The third kappa shape index (κ3) is 3.66. The molecule has 1 heterocycles. The third-order valence-corrected chi connectivity index (χ3v) is 5.27. The van der Waals surface area contributed by atoms with Crippen LogP contribution < -0.4 is 4.83 Å². The lowest BCUT2D eigenvalue weighted by molar-refractivity contribution is 0.584. The van der Waals surface area contributed by atoms with E-state index in [1.165, 1.54) is 29.9 Å². The summed E-state index contributed by atoms with van der Waals surface area (Å²) in [7, 11) is -3.70. The van der Waals surface area contributed by atoms with E-state index in [1.807, 2.05) is 37.3 Å². The van der Waals surface area contributed by atoms with Gasteiger partial charge in [-0.3, -0.25) is 0 Å². The van der Waals surface area contributed by atoms with Gasteiger partial charge in [0.15, 0.2) is 0 Å². The van der Waals surface area contributed by atoms with Gasteiger partial charge in [-0.25, -0.2) is 4.83 Å². The number of aromatic nitrogens is 2. The van der Waals surface area contributed by atoms with E-state index < -0.39 is 10.0 Å². The molecule has 3 rings (SSSR count). The highest BCUT2D eigenvalue weighted by molar-refractivity contribution is 7.89. The van der Waals surface area contributed by atoms with Crippen LogP contribution in [0, 0.1) is 6.92 Å². The first-order valence-corrected chi connectivity index (χ1v) is 9.31. The number of hydrazone groups is 1. The minimum Gasteiger partial charge on any atom is -0.200 e. The molecule has 0 saturated heterocycles. The van der Waals surface area contributed by atoms with Crippen LogP contribution in [0.25, 0.3) is 10.4 Å². The Kier molecular flexibility index (Phi) is 4.68. The molecule has 0 saturated carbocycles. The van der Waals surface area contributed by atoms with Gasteiger partial charge in [-0.05, 0) is 36.2 Å². The second-order valence-corrected chi connectivity index (χ2v) is 7.43. The van der Waals surface area contributed by atoms with Gasteiger partial charge in [0, 0.05) is 0 Å².